The molecule has 74 heavy (non-hydrogen) atoms. The van der Waals surface area contributed by atoms with Crippen molar-refractivity contribution in [1.82, 2.24) is 25.0 Å². The van der Waals surface area contributed by atoms with E-state index in [-0.39, 0.29) is 25.2 Å². The summed E-state index contributed by atoms with van der Waals surface area (Å²) in [6.45, 7) is 13.8. The number of ether oxygens (including phenoxy) is 7. The minimum atomic E-state index is -1.85. The highest BCUT2D eigenvalue weighted by Crippen LogP contribution is 2.39. The van der Waals surface area contributed by atoms with Crippen LogP contribution in [0.2, 0.25) is 0 Å². The van der Waals surface area contributed by atoms with Crippen molar-refractivity contribution in [2.75, 3.05) is 48.1 Å². The molecule has 4 heterocycles. The molecule has 0 spiro atoms. The molecule has 1 aromatic carbocycles. The SMILES string of the molecule is CC[C@H]1OC(=O)[C@H](C)[C@@H](O[C@H]2C[C@@](C)(OC)[C@@H](O)[C@H](C)O2)[C@H](I)[C@@H](O[C@@H]2O[C@H](C)C[C@H](N(C)CC/C(N)=C/N(N)[C@H](CF)[C@H](OC)c3ccc(-c4cn[nH]c4)cc3)C2O)[C@H](O)C[C@@H](C)CN(C)[C@H](C)[C@@H](O)[C@]1(C)O. The molecule has 0 radical (unpaired) electrons. The van der Waals surface area contributed by atoms with Crippen molar-refractivity contribution in [3.63, 3.8) is 0 Å². The van der Waals surface area contributed by atoms with E-state index in [0.717, 1.165) is 16.7 Å². The van der Waals surface area contributed by atoms with Crippen LogP contribution in [-0.4, -0.2) is 205 Å². The fraction of sp³-hybridized carbons (Fsp3) is 0.769. The van der Waals surface area contributed by atoms with Crippen LogP contribution in [0, 0.1) is 11.8 Å². The summed E-state index contributed by atoms with van der Waals surface area (Å²) in [4.78, 5) is 18.3. The standard InChI is InChI=1S/C52H87FIN7O13/c1-13-40-52(8,67)47(64)31(5)60(10)26-28(2)20-39(62)46(42(54)44(30(4)49(66)72-40)73-41-22-51(7,69-12)48(65)32(6)71-41)74-50-43(63)37(21-29(3)70-50)59(9)19-18-36(55)27-61(56)38(23-53)45(68-11)34-16-14-33(15-17-34)35-24-57-58-25-35/h14-17,24-25,27-32,37-48,50,62-65,67H,13,18-23,26,55-56H2,1-12H3,(H,57,58)/b36-27-/t28-,29-,30-,31-,32+,37+,38-,39-,40-,41+,42+,43?,44-,45-,46+,47-,48+,50+,51-,52-/m1/s1. The Kier molecular flexibility index (Phi) is 22.9. The summed E-state index contributed by atoms with van der Waals surface area (Å²) in [6, 6.07) is 5.52. The Morgan fingerprint density at radius 1 is 1.04 bits per heavy atom. The van der Waals surface area contributed by atoms with E-state index in [4.69, 9.17) is 44.7 Å². The van der Waals surface area contributed by atoms with Gasteiger partial charge in [0, 0.05) is 75.9 Å². The lowest BCUT2D eigenvalue weighted by Crippen LogP contribution is -2.60. The van der Waals surface area contributed by atoms with Crippen LogP contribution < -0.4 is 11.6 Å². The summed E-state index contributed by atoms with van der Waals surface area (Å²) in [5, 5.41) is 67.1. The van der Waals surface area contributed by atoms with Gasteiger partial charge in [0.1, 0.15) is 54.9 Å². The van der Waals surface area contributed by atoms with Crippen LogP contribution in [0.25, 0.3) is 11.1 Å². The second-order valence-corrected chi connectivity index (χ2v) is 22.9. The quantitative estimate of drug-likeness (QED) is 0.0370. The van der Waals surface area contributed by atoms with E-state index < -0.39 is 125 Å². The zero-order chi connectivity index (χ0) is 55.0. The molecular weight excluding hydrogens is 1080 g/mol. The van der Waals surface area contributed by atoms with E-state index in [2.05, 4.69) is 32.8 Å². The molecule has 20 atom stereocenters. The zero-order valence-corrected chi connectivity index (χ0v) is 47.4. The Bertz CT molecular complexity index is 2050. The number of H-pyrrole nitrogens is 1. The smallest absolute Gasteiger partial charge is 0.311 e. The number of carbonyl (C=O) groups is 1. The van der Waals surface area contributed by atoms with Gasteiger partial charge in [-0.05, 0) is 91.9 Å². The van der Waals surface area contributed by atoms with E-state index in [1.165, 1.54) is 32.4 Å². The number of alkyl halides is 2. The maximum Gasteiger partial charge on any atom is 0.311 e. The van der Waals surface area contributed by atoms with Gasteiger partial charge in [0.2, 0.25) is 0 Å². The molecule has 0 saturated carbocycles. The number of likely N-dealkylation sites (N-methyl/N-ethyl adjacent to an activating group) is 2. The first-order valence-electron chi connectivity index (χ1n) is 25.9. The van der Waals surface area contributed by atoms with Crippen molar-refractivity contribution in [2.24, 2.45) is 23.4 Å². The molecule has 0 bridgehead atoms. The van der Waals surface area contributed by atoms with Crippen LogP contribution in [-0.2, 0) is 38.0 Å². The Hall–Kier alpha value is -2.66. The normalized spacial score (nSPS) is 38.4. The molecule has 5 rings (SSSR count). The number of rotatable bonds is 17. The number of hydrazine groups is 1. The fourth-order valence-electron chi connectivity index (χ4n) is 10.7. The number of aromatic amines is 1. The molecule has 2 aromatic rings. The monoisotopic (exact) mass is 1160 g/mol. The molecule has 1 aromatic heterocycles. The molecule has 0 aliphatic carbocycles. The number of carbonyl (C=O) groups excluding carboxylic acids is 1. The number of hydrogen-bond donors (Lipinski definition) is 8. The number of nitrogens with two attached hydrogens (primary N) is 2. The number of methoxy groups -OCH3 is 2. The Labute approximate surface area is 450 Å². The molecule has 3 saturated heterocycles. The van der Waals surface area contributed by atoms with Gasteiger partial charge in [-0.3, -0.25) is 9.89 Å². The molecule has 3 fully saturated rings. The van der Waals surface area contributed by atoms with Gasteiger partial charge in [0.05, 0.1) is 46.1 Å². The van der Waals surface area contributed by atoms with Gasteiger partial charge in [-0.2, -0.15) is 5.10 Å². The molecule has 22 heteroatoms. The highest BCUT2D eigenvalue weighted by molar-refractivity contribution is 14.1. The topological polar surface area (TPSA) is 273 Å². The summed E-state index contributed by atoms with van der Waals surface area (Å²) in [7, 11) is 6.65. The molecule has 10 N–H and O–H groups in total. The van der Waals surface area contributed by atoms with Gasteiger partial charge in [-0.1, -0.05) is 60.7 Å². The third kappa shape index (κ3) is 14.9. The Morgan fingerprint density at radius 2 is 1.72 bits per heavy atom. The Balaban J connectivity index is 1.39. The highest BCUT2D eigenvalue weighted by atomic mass is 127. The van der Waals surface area contributed by atoms with E-state index in [1.807, 2.05) is 62.0 Å². The summed E-state index contributed by atoms with van der Waals surface area (Å²) < 4.78 is 57.6. The number of esters is 1. The molecule has 3 aliphatic rings. The zero-order valence-electron chi connectivity index (χ0n) is 45.3. The number of hydrogen-bond acceptors (Lipinski definition) is 19. The number of benzene rings is 1. The van der Waals surface area contributed by atoms with Crippen LogP contribution in [0.5, 0.6) is 0 Å². The van der Waals surface area contributed by atoms with Crippen molar-refractivity contribution in [3.8, 4) is 11.1 Å². The summed E-state index contributed by atoms with van der Waals surface area (Å²) in [6.07, 6.45) is -6.15. The van der Waals surface area contributed by atoms with E-state index >= 15 is 0 Å². The molecule has 20 nitrogen and oxygen atoms in total. The minimum absolute atomic E-state index is 0.0792. The van der Waals surface area contributed by atoms with Crippen LogP contribution in [0.15, 0.2) is 48.6 Å². The number of nitrogens with one attached hydrogen (secondary N) is 1. The van der Waals surface area contributed by atoms with Crippen molar-refractivity contribution in [3.05, 3.63) is 54.1 Å². The first kappa shape index (κ1) is 62.2. The number of halogens is 2. The van der Waals surface area contributed by atoms with Crippen molar-refractivity contribution < 1.29 is 67.9 Å². The minimum Gasteiger partial charge on any atom is -0.459 e. The Morgan fingerprint density at radius 3 is 2.31 bits per heavy atom. The highest BCUT2D eigenvalue weighted by Gasteiger charge is 2.51. The second-order valence-electron chi connectivity index (χ2n) is 21.4. The van der Waals surface area contributed by atoms with E-state index in [9.17, 15) is 34.7 Å². The number of cyclic esters (lactones) is 1. The van der Waals surface area contributed by atoms with Crippen LogP contribution in [0.1, 0.15) is 99.2 Å². The third-order valence-corrected chi connectivity index (χ3v) is 17.1. The number of aliphatic hydroxyl groups excluding tert-OH is 4. The van der Waals surface area contributed by atoms with Crippen LogP contribution >= 0.6 is 22.6 Å². The maximum absolute atomic E-state index is 14.8. The number of nitrogens with zero attached hydrogens (tertiary/aromatic N) is 4. The molecular formula is C52H87FIN7O13. The molecule has 422 valence electrons. The number of aliphatic hydroxyl groups is 5. The van der Waals surface area contributed by atoms with Crippen LogP contribution in [0.4, 0.5) is 4.39 Å². The summed E-state index contributed by atoms with van der Waals surface area (Å²) in [5.41, 5.74) is 6.54. The average Bonchev–Trinajstić information content (AvgIpc) is 3.91. The fourth-order valence-corrected chi connectivity index (χ4v) is 12.1. The van der Waals surface area contributed by atoms with Gasteiger partial charge < -0.3 is 79.2 Å². The van der Waals surface area contributed by atoms with Gasteiger partial charge in [0.25, 0.3) is 0 Å². The van der Waals surface area contributed by atoms with Gasteiger partial charge in [-0.25, -0.2) is 10.2 Å². The van der Waals surface area contributed by atoms with Gasteiger partial charge in [0.15, 0.2) is 12.6 Å². The third-order valence-electron chi connectivity index (χ3n) is 15.7. The maximum atomic E-state index is 14.8. The van der Waals surface area contributed by atoms with E-state index in [0.29, 0.717) is 31.6 Å². The first-order valence-corrected chi connectivity index (χ1v) is 27.1. The number of aromatic nitrogens is 2. The molecule has 3 aliphatic heterocycles. The predicted molar refractivity (Wildman–Crippen MR) is 284 cm³/mol. The lowest BCUT2D eigenvalue weighted by atomic mass is 9.86. The summed E-state index contributed by atoms with van der Waals surface area (Å²) >= 11 is 2.11. The molecule has 0 amide bonds. The lowest BCUT2D eigenvalue weighted by molar-refractivity contribution is -0.300. The van der Waals surface area contributed by atoms with Crippen LogP contribution in [0.3, 0.4) is 0 Å². The lowest BCUT2D eigenvalue weighted by Gasteiger charge is -2.47. The average molecular weight is 1160 g/mol. The van der Waals surface area contributed by atoms with Crippen molar-refractivity contribution >= 4 is 28.6 Å². The van der Waals surface area contributed by atoms with Gasteiger partial charge >= 0.3 is 5.97 Å². The second kappa shape index (κ2) is 27.3. The summed E-state index contributed by atoms with van der Waals surface area (Å²) in [5.74, 6) is 4.44. The van der Waals surface area contributed by atoms with E-state index in [1.54, 1.807) is 47.0 Å². The first-order chi connectivity index (χ1) is 34.8. The molecule has 1 unspecified atom stereocenters. The van der Waals surface area contributed by atoms with Gasteiger partial charge in [-0.15, -0.1) is 0 Å². The van der Waals surface area contributed by atoms with Crippen molar-refractivity contribution in [1.29, 1.82) is 0 Å². The largest absolute Gasteiger partial charge is 0.459 e. The van der Waals surface area contributed by atoms with Crippen molar-refractivity contribution in [2.45, 2.75) is 194 Å². The predicted octanol–water partition coefficient (Wildman–Crippen LogP) is 3.53.